The zero-order valence-electron chi connectivity index (χ0n) is 15.3. The highest BCUT2D eigenvalue weighted by atomic mass is 16.5. The molecule has 0 fully saturated rings. The summed E-state index contributed by atoms with van der Waals surface area (Å²) < 4.78 is 19.8. The summed E-state index contributed by atoms with van der Waals surface area (Å²) in [5.74, 6) is 0. The molecule has 0 aliphatic carbocycles. The van der Waals surface area contributed by atoms with Crippen LogP contribution in [0, 0.1) is 0 Å². The van der Waals surface area contributed by atoms with Crippen LogP contribution in [0.15, 0.2) is 25.3 Å². The van der Waals surface area contributed by atoms with Gasteiger partial charge in [-0.05, 0) is 27.7 Å². The zero-order valence-corrected chi connectivity index (χ0v) is 15.3. The molecule has 0 aromatic carbocycles. The van der Waals surface area contributed by atoms with Gasteiger partial charge in [-0.2, -0.15) is 0 Å². The van der Waals surface area contributed by atoms with Gasteiger partial charge in [0.1, 0.15) is 0 Å². The Morgan fingerprint density at radius 3 is 1.27 bits per heavy atom. The Bertz CT molecular complexity index is 147. The van der Waals surface area contributed by atoms with Gasteiger partial charge in [-0.15, -0.1) is 13.2 Å². The van der Waals surface area contributed by atoms with Crippen molar-refractivity contribution in [3.05, 3.63) is 25.3 Å². The van der Waals surface area contributed by atoms with E-state index in [0.29, 0.717) is 33.0 Å². The number of ether oxygens (including phenoxy) is 4. The molecule has 0 bridgehead atoms. The van der Waals surface area contributed by atoms with Crippen LogP contribution >= 0.6 is 0 Å². The molecule has 22 heavy (non-hydrogen) atoms. The normalized spacial score (nSPS) is 8.27. The van der Waals surface area contributed by atoms with Crippen molar-refractivity contribution in [2.45, 2.75) is 27.7 Å². The second kappa shape index (κ2) is 42.7. The molecule has 0 saturated carbocycles. The fourth-order valence-corrected chi connectivity index (χ4v) is 0.718. The predicted octanol–water partition coefficient (Wildman–Crippen LogP) is 3.09. The first kappa shape index (κ1) is 29.3. The molecular formula is C17H38O5. The van der Waals surface area contributed by atoms with Crippen molar-refractivity contribution >= 4 is 0 Å². The molecular weight excluding hydrogens is 284 g/mol. The van der Waals surface area contributed by atoms with Crippen molar-refractivity contribution in [1.82, 2.24) is 0 Å². The first-order chi connectivity index (χ1) is 10.7. The molecule has 0 unspecified atom stereocenters. The SMILES string of the molecule is C=CC.C=CC.CCOCCOCCOCC.COCCO. The molecule has 5 nitrogen and oxygen atoms in total. The summed E-state index contributed by atoms with van der Waals surface area (Å²) in [5, 5.41) is 7.94. The van der Waals surface area contributed by atoms with Crippen molar-refractivity contribution < 1.29 is 24.1 Å². The van der Waals surface area contributed by atoms with Crippen LogP contribution in [-0.2, 0) is 18.9 Å². The Balaban J connectivity index is -0.000000122. The Kier molecular flexibility index (Phi) is 56.9. The number of allylic oxidation sites excluding steroid dienone is 2. The third-order valence-corrected chi connectivity index (χ3v) is 1.45. The van der Waals surface area contributed by atoms with Crippen LogP contribution in [0.2, 0.25) is 0 Å². The summed E-state index contributed by atoms with van der Waals surface area (Å²) in [4.78, 5) is 0. The van der Waals surface area contributed by atoms with Crippen LogP contribution in [0.5, 0.6) is 0 Å². The highest BCUT2D eigenvalue weighted by Crippen LogP contribution is 1.79. The number of aliphatic hydroxyl groups excluding tert-OH is 1. The second-order valence-electron chi connectivity index (χ2n) is 3.54. The maximum atomic E-state index is 7.94. The fourth-order valence-electron chi connectivity index (χ4n) is 0.718. The molecule has 136 valence electrons. The van der Waals surface area contributed by atoms with Crippen LogP contribution in [-0.4, -0.2) is 65.1 Å². The molecule has 0 spiro atoms. The van der Waals surface area contributed by atoms with Gasteiger partial charge in [0.2, 0.25) is 0 Å². The summed E-state index contributed by atoms with van der Waals surface area (Å²) in [7, 11) is 1.55. The van der Waals surface area contributed by atoms with E-state index in [9.17, 15) is 0 Å². The lowest BCUT2D eigenvalue weighted by Gasteiger charge is -2.03. The Morgan fingerprint density at radius 2 is 1.09 bits per heavy atom. The molecule has 5 heteroatoms. The minimum absolute atomic E-state index is 0.122. The van der Waals surface area contributed by atoms with E-state index in [2.05, 4.69) is 17.9 Å². The molecule has 0 aromatic heterocycles. The average Bonchev–Trinajstić information content (AvgIpc) is 2.50. The van der Waals surface area contributed by atoms with Gasteiger partial charge in [0.05, 0.1) is 39.6 Å². The van der Waals surface area contributed by atoms with Crippen molar-refractivity contribution in [2.75, 3.05) is 60.0 Å². The minimum Gasteiger partial charge on any atom is -0.394 e. The van der Waals surface area contributed by atoms with Gasteiger partial charge in [-0.25, -0.2) is 0 Å². The summed E-state index contributed by atoms with van der Waals surface area (Å²) >= 11 is 0. The lowest BCUT2D eigenvalue weighted by atomic mass is 10.7. The van der Waals surface area contributed by atoms with Gasteiger partial charge in [-0.3, -0.25) is 0 Å². The number of hydrogen-bond donors (Lipinski definition) is 1. The molecule has 0 saturated heterocycles. The van der Waals surface area contributed by atoms with E-state index < -0.39 is 0 Å². The Hall–Kier alpha value is -0.720. The lowest BCUT2D eigenvalue weighted by molar-refractivity contribution is 0.0195. The molecule has 0 aliphatic rings. The maximum Gasteiger partial charge on any atom is 0.0701 e. The van der Waals surface area contributed by atoms with E-state index in [0.717, 1.165) is 13.2 Å². The van der Waals surface area contributed by atoms with E-state index in [1.54, 1.807) is 19.3 Å². The van der Waals surface area contributed by atoms with Crippen LogP contribution < -0.4 is 0 Å². The summed E-state index contributed by atoms with van der Waals surface area (Å²) in [6.45, 7) is 19.2. The molecule has 1 N–H and O–H groups in total. The van der Waals surface area contributed by atoms with E-state index in [1.807, 2.05) is 27.7 Å². The first-order valence-electron chi connectivity index (χ1n) is 7.63. The molecule has 0 amide bonds. The Labute approximate surface area is 137 Å². The van der Waals surface area contributed by atoms with Gasteiger partial charge < -0.3 is 24.1 Å². The fraction of sp³-hybridized carbons (Fsp3) is 0.765. The number of rotatable bonds is 10. The van der Waals surface area contributed by atoms with Gasteiger partial charge >= 0.3 is 0 Å². The smallest absolute Gasteiger partial charge is 0.0701 e. The molecule has 0 rings (SSSR count). The van der Waals surface area contributed by atoms with Crippen molar-refractivity contribution in [1.29, 1.82) is 0 Å². The minimum atomic E-state index is 0.122. The number of hydrogen-bond acceptors (Lipinski definition) is 5. The Morgan fingerprint density at radius 1 is 0.773 bits per heavy atom. The van der Waals surface area contributed by atoms with Crippen molar-refractivity contribution in [2.24, 2.45) is 0 Å². The van der Waals surface area contributed by atoms with Crippen LogP contribution in [0.1, 0.15) is 27.7 Å². The standard InChI is InChI=1S/C8H18O3.C3H8O2.2C3H6/c1-3-9-5-7-11-8-6-10-4-2;1-5-3-2-4;2*1-3-2/h3-8H2,1-2H3;4H,2-3H2,1H3;2*3H,1H2,2H3. The van der Waals surface area contributed by atoms with Crippen molar-refractivity contribution in [3.63, 3.8) is 0 Å². The van der Waals surface area contributed by atoms with Gasteiger partial charge in [0.25, 0.3) is 0 Å². The molecule has 0 heterocycles. The summed E-state index contributed by atoms with van der Waals surface area (Å²) in [5.41, 5.74) is 0. The van der Waals surface area contributed by atoms with Crippen LogP contribution in [0.25, 0.3) is 0 Å². The highest BCUT2D eigenvalue weighted by Gasteiger charge is 1.87. The quantitative estimate of drug-likeness (QED) is 0.495. The molecule has 0 radical (unpaired) electrons. The van der Waals surface area contributed by atoms with Gasteiger partial charge in [0.15, 0.2) is 0 Å². The lowest BCUT2D eigenvalue weighted by Crippen LogP contribution is -2.08. The summed E-state index contributed by atoms with van der Waals surface area (Å²) in [6, 6.07) is 0. The molecule has 0 atom stereocenters. The number of aliphatic hydroxyl groups is 1. The average molecular weight is 322 g/mol. The van der Waals surface area contributed by atoms with Crippen LogP contribution in [0.4, 0.5) is 0 Å². The molecule has 0 aliphatic heterocycles. The van der Waals surface area contributed by atoms with Crippen molar-refractivity contribution in [3.8, 4) is 0 Å². The number of methoxy groups -OCH3 is 1. The van der Waals surface area contributed by atoms with E-state index in [1.165, 1.54) is 0 Å². The first-order valence-corrected chi connectivity index (χ1v) is 7.63. The maximum absolute atomic E-state index is 7.94. The van der Waals surface area contributed by atoms with Gasteiger partial charge in [-0.1, -0.05) is 12.2 Å². The van der Waals surface area contributed by atoms with Crippen LogP contribution in [0.3, 0.4) is 0 Å². The van der Waals surface area contributed by atoms with E-state index in [4.69, 9.17) is 19.3 Å². The van der Waals surface area contributed by atoms with E-state index in [-0.39, 0.29) is 6.61 Å². The third-order valence-electron chi connectivity index (χ3n) is 1.45. The summed E-state index contributed by atoms with van der Waals surface area (Å²) in [6.07, 6.45) is 3.50. The zero-order chi connectivity index (χ0) is 17.9. The second-order valence-corrected chi connectivity index (χ2v) is 3.54. The van der Waals surface area contributed by atoms with Gasteiger partial charge in [0, 0.05) is 20.3 Å². The predicted molar refractivity (Wildman–Crippen MR) is 94.5 cm³/mol. The molecule has 0 aromatic rings. The third kappa shape index (κ3) is 74.8. The highest BCUT2D eigenvalue weighted by molar-refractivity contribution is 4.52. The largest absolute Gasteiger partial charge is 0.394 e. The monoisotopic (exact) mass is 322 g/mol. The van der Waals surface area contributed by atoms with E-state index >= 15 is 0 Å². The topological polar surface area (TPSA) is 57.2 Å².